The van der Waals surface area contributed by atoms with E-state index in [2.05, 4.69) is 15.5 Å². The third-order valence-corrected chi connectivity index (χ3v) is 2.61. The lowest BCUT2D eigenvalue weighted by molar-refractivity contribution is 0.0563. The molecule has 0 aliphatic rings. The molecule has 0 fully saturated rings. The Labute approximate surface area is 112 Å². The monoisotopic (exact) mass is 291 g/mol. The highest BCUT2D eigenvalue weighted by Crippen LogP contribution is 2.18. The zero-order valence-corrected chi connectivity index (χ0v) is 10.6. The molecule has 0 spiro atoms. The summed E-state index contributed by atoms with van der Waals surface area (Å²) in [6.07, 6.45) is 1.65. The molecule has 9 heteroatoms. The molecule has 0 unspecified atom stereocenters. The van der Waals surface area contributed by atoms with Gasteiger partial charge in [0.1, 0.15) is 6.54 Å². The summed E-state index contributed by atoms with van der Waals surface area (Å²) in [5.74, 6) is 0. The van der Waals surface area contributed by atoms with Crippen LogP contribution in [-0.2, 0) is 13.1 Å². The number of rotatable bonds is 6. The van der Waals surface area contributed by atoms with Crippen molar-refractivity contribution in [2.24, 2.45) is 0 Å². The first-order chi connectivity index (χ1) is 9.45. The maximum absolute atomic E-state index is 12.4. The minimum Gasteiger partial charge on any atom is -0.378 e. The smallest absolute Gasteiger partial charge is 0.333 e. The predicted octanol–water partition coefficient (Wildman–Crippen LogP) is 2.66. The van der Waals surface area contributed by atoms with Crippen LogP contribution in [0.3, 0.4) is 0 Å². The van der Waals surface area contributed by atoms with Gasteiger partial charge in [-0.1, -0.05) is 0 Å². The number of nitrogens with one attached hydrogen (secondary N) is 1. The van der Waals surface area contributed by atoms with Crippen LogP contribution in [0, 0.1) is 6.92 Å². The Morgan fingerprint density at radius 1 is 1.25 bits per heavy atom. The van der Waals surface area contributed by atoms with E-state index in [1.165, 1.54) is 18.6 Å². The summed E-state index contributed by atoms with van der Waals surface area (Å²) in [7, 11) is 0. The fourth-order valence-corrected chi connectivity index (χ4v) is 1.69. The van der Waals surface area contributed by atoms with Crippen LogP contribution in [0.1, 0.15) is 17.8 Å². The van der Waals surface area contributed by atoms with Gasteiger partial charge in [-0.15, -0.1) is 0 Å². The Morgan fingerprint density at radius 2 is 2.00 bits per heavy atom. The molecule has 0 saturated heterocycles. The molecule has 0 radical (unpaired) electrons. The number of anilines is 1. The largest absolute Gasteiger partial charge is 0.378 e. The SMILES string of the molecule is Cc1nn(C(F)F)cc1NCc1cnn(CC(F)F)c1. The minimum absolute atomic E-state index is 0.291. The number of halogens is 4. The summed E-state index contributed by atoms with van der Waals surface area (Å²) in [6.45, 7) is -1.28. The zero-order valence-electron chi connectivity index (χ0n) is 10.6. The van der Waals surface area contributed by atoms with Crippen molar-refractivity contribution in [1.29, 1.82) is 0 Å². The van der Waals surface area contributed by atoms with E-state index < -0.39 is 19.5 Å². The quantitative estimate of drug-likeness (QED) is 0.832. The number of aromatic nitrogens is 4. The molecule has 0 saturated carbocycles. The summed E-state index contributed by atoms with van der Waals surface area (Å²) >= 11 is 0. The van der Waals surface area contributed by atoms with Crippen molar-refractivity contribution in [2.75, 3.05) is 5.32 Å². The van der Waals surface area contributed by atoms with Crippen LogP contribution in [0.4, 0.5) is 23.2 Å². The van der Waals surface area contributed by atoms with Crippen molar-refractivity contribution < 1.29 is 17.6 Å². The van der Waals surface area contributed by atoms with Crippen LogP contribution in [-0.4, -0.2) is 26.0 Å². The van der Waals surface area contributed by atoms with Gasteiger partial charge in [-0.3, -0.25) is 4.68 Å². The van der Waals surface area contributed by atoms with Crippen molar-refractivity contribution in [3.63, 3.8) is 0 Å². The highest BCUT2D eigenvalue weighted by atomic mass is 19.3. The van der Waals surface area contributed by atoms with Gasteiger partial charge in [0.25, 0.3) is 6.43 Å². The zero-order chi connectivity index (χ0) is 14.7. The van der Waals surface area contributed by atoms with Crippen LogP contribution in [0.5, 0.6) is 0 Å². The summed E-state index contributed by atoms with van der Waals surface area (Å²) < 4.78 is 50.9. The van der Waals surface area contributed by atoms with Crippen LogP contribution in [0.2, 0.25) is 0 Å². The lowest BCUT2D eigenvalue weighted by Crippen LogP contribution is -2.06. The van der Waals surface area contributed by atoms with Crippen molar-refractivity contribution in [3.8, 4) is 0 Å². The van der Waals surface area contributed by atoms with Crippen LogP contribution < -0.4 is 5.32 Å². The van der Waals surface area contributed by atoms with E-state index in [0.717, 1.165) is 4.68 Å². The van der Waals surface area contributed by atoms with E-state index in [-0.39, 0.29) is 0 Å². The molecule has 0 aliphatic heterocycles. The van der Waals surface area contributed by atoms with E-state index in [9.17, 15) is 17.6 Å². The van der Waals surface area contributed by atoms with Gasteiger partial charge in [0, 0.05) is 18.3 Å². The third-order valence-electron chi connectivity index (χ3n) is 2.61. The summed E-state index contributed by atoms with van der Waals surface area (Å²) in [5, 5.41) is 10.3. The summed E-state index contributed by atoms with van der Waals surface area (Å²) in [5.41, 5.74) is 1.58. The van der Waals surface area contributed by atoms with Gasteiger partial charge in [0.15, 0.2) is 0 Å². The average Bonchev–Trinajstić information content (AvgIpc) is 2.93. The van der Waals surface area contributed by atoms with E-state index in [4.69, 9.17) is 0 Å². The van der Waals surface area contributed by atoms with Crippen molar-refractivity contribution in [3.05, 3.63) is 29.8 Å². The molecule has 2 aromatic heterocycles. The first-order valence-electron chi connectivity index (χ1n) is 5.83. The van der Waals surface area contributed by atoms with E-state index in [0.29, 0.717) is 28.2 Å². The second kappa shape index (κ2) is 5.93. The fraction of sp³-hybridized carbons (Fsp3) is 0.455. The Kier molecular flexibility index (Phi) is 4.26. The number of hydrogen-bond donors (Lipinski definition) is 1. The number of nitrogens with zero attached hydrogens (tertiary/aromatic N) is 4. The van der Waals surface area contributed by atoms with E-state index in [1.54, 1.807) is 6.92 Å². The molecule has 1 N–H and O–H groups in total. The van der Waals surface area contributed by atoms with Gasteiger partial charge < -0.3 is 5.32 Å². The Morgan fingerprint density at radius 3 is 2.60 bits per heavy atom. The predicted molar refractivity (Wildman–Crippen MR) is 63.8 cm³/mol. The lowest BCUT2D eigenvalue weighted by Gasteiger charge is -2.02. The minimum atomic E-state index is -2.70. The maximum atomic E-state index is 12.4. The lowest BCUT2D eigenvalue weighted by atomic mass is 10.3. The van der Waals surface area contributed by atoms with Crippen molar-refractivity contribution >= 4 is 5.69 Å². The van der Waals surface area contributed by atoms with Gasteiger partial charge >= 0.3 is 6.55 Å². The van der Waals surface area contributed by atoms with Gasteiger partial charge in [0.05, 0.1) is 23.8 Å². The molecular formula is C11H13F4N5. The normalized spacial score (nSPS) is 11.6. The first kappa shape index (κ1) is 14.4. The van der Waals surface area contributed by atoms with E-state index >= 15 is 0 Å². The van der Waals surface area contributed by atoms with Gasteiger partial charge in [0.2, 0.25) is 0 Å². The fourth-order valence-electron chi connectivity index (χ4n) is 1.69. The second-order valence-corrected chi connectivity index (χ2v) is 4.20. The second-order valence-electron chi connectivity index (χ2n) is 4.20. The Balaban J connectivity index is 1.96. The summed E-state index contributed by atoms with van der Waals surface area (Å²) in [6, 6.07) is 0. The molecule has 20 heavy (non-hydrogen) atoms. The first-order valence-corrected chi connectivity index (χ1v) is 5.83. The Bertz CT molecular complexity index is 563. The molecule has 2 rings (SSSR count). The topological polar surface area (TPSA) is 47.7 Å². The maximum Gasteiger partial charge on any atom is 0.333 e. The molecule has 2 aromatic rings. The molecule has 0 bridgehead atoms. The molecule has 110 valence electrons. The van der Waals surface area contributed by atoms with E-state index in [1.807, 2.05) is 0 Å². The number of aryl methyl sites for hydroxylation is 1. The van der Waals surface area contributed by atoms with Crippen molar-refractivity contribution in [1.82, 2.24) is 19.6 Å². The van der Waals surface area contributed by atoms with Gasteiger partial charge in [-0.2, -0.15) is 19.0 Å². The molecule has 0 aromatic carbocycles. The van der Waals surface area contributed by atoms with Crippen LogP contribution in [0.25, 0.3) is 0 Å². The third kappa shape index (κ3) is 3.49. The molecule has 0 amide bonds. The average molecular weight is 291 g/mol. The molecular weight excluding hydrogens is 278 g/mol. The molecule has 0 aliphatic carbocycles. The standard InChI is InChI=1S/C11H13F4N5/c1-7-9(5-20(18-7)11(14)15)16-2-8-3-17-19(4-8)6-10(12)13/h3-5,10-11,16H,2,6H2,1H3. The number of alkyl halides is 4. The molecule has 5 nitrogen and oxygen atoms in total. The van der Waals surface area contributed by atoms with Crippen LogP contribution >= 0.6 is 0 Å². The van der Waals surface area contributed by atoms with Gasteiger partial charge in [-0.25, -0.2) is 13.5 Å². The Hall–Kier alpha value is -2.06. The number of hydrogen-bond acceptors (Lipinski definition) is 3. The highest BCUT2D eigenvalue weighted by Gasteiger charge is 2.11. The van der Waals surface area contributed by atoms with Crippen molar-refractivity contribution in [2.45, 2.75) is 33.0 Å². The van der Waals surface area contributed by atoms with Crippen LogP contribution in [0.15, 0.2) is 18.6 Å². The molecule has 2 heterocycles. The summed E-state index contributed by atoms with van der Waals surface area (Å²) in [4.78, 5) is 0. The molecule has 0 atom stereocenters. The van der Waals surface area contributed by atoms with Gasteiger partial charge in [-0.05, 0) is 6.92 Å². The highest BCUT2D eigenvalue weighted by molar-refractivity contribution is 5.45.